The standard InChI is InChI=1S/C22H29NO3/c1-2-3-4-5-6-7-8-10-13-16-19-22(23(25)26)20-17-14-11-9-12-15-18-21-24/h3-4,6-7,9-10,12-14,16-17,19-21H,2,5,8,11,15,18H2,1H3/b4-3-,7-6-,12-9-,13-10-,17-14-,19-16-,22-20+. The van der Waals surface area contributed by atoms with E-state index in [4.69, 9.17) is 0 Å². The molecule has 0 spiro atoms. The Balaban J connectivity index is 4.27. The largest absolute Gasteiger partial charge is 0.303 e. The zero-order valence-electron chi connectivity index (χ0n) is 15.5. The van der Waals surface area contributed by atoms with Gasteiger partial charge in [0.1, 0.15) is 6.29 Å². The second-order valence-corrected chi connectivity index (χ2v) is 5.34. The molecule has 0 saturated carbocycles. The van der Waals surface area contributed by atoms with Gasteiger partial charge in [-0.05, 0) is 32.1 Å². The van der Waals surface area contributed by atoms with Crippen molar-refractivity contribution >= 4 is 6.29 Å². The van der Waals surface area contributed by atoms with Crippen LogP contribution in [0.5, 0.6) is 0 Å². The third-order valence-electron chi connectivity index (χ3n) is 3.13. The predicted octanol–water partition coefficient (Wildman–Crippen LogP) is 6.04. The number of unbranched alkanes of at least 4 members (excludes halogenated alkanes) is 1. The van der Waals surface area contributed by atoms with E-state index in [-0.39, 0.29) is 5.70 Å². The summed E-state index contributed by atoms with van der Waals surface area (Å²) < 4.78 is 0. The first-order valence-electron chi connectivity index (χ1n) is 8.95. The van der Waals surface area contributed by atoms with Gasteiger partial charge in [-0.3, -0.25) is 10.1 Å². The predicted molar refractivity (Wildman–Crippen MR) is 109 cm³/mol. The van der Waals surface area contributed by atoms with E-state index in [0.717, 1.165) is 32.0 Å². The molecule has 0 aliphatic rings. The lowest BCUT2D eigenvalue weighted by atomic mass is 10.2. The molecule has 0 N–H and O–H groups in total. The third kappa shape index (κ3) is 16.1. The average molecular weight is 355 g/mol. The van der Waals surface area contributed by atoms with Crippen LogP contribution in [0.2, 0.25) is 0 Å². The van der Waals surface area contributed by atoms with Crippen molar-refractivity contribution in [3.05, 3.63) is 94.8 Å². The van der Waals surface area contributed by atoms with Crippen LogP contribution in [-0.2, 0) is 4.79 Å². The number of carbonyl (C=O) groups excluding carboxylic acids is 1. The topological polar surface area (TPSA) is 60.2 Å². The molecule has 0 amide bonds. The number of hydrogen-bond donors (Lipinski definition) is 0. The van der Waals surface area contributed by atoms with Gasteiger partial charge in [-0.15, -0.1) is 0 Å². The van der Waals surface area contributed by atoms with Crippen molar-refractivity contribution in [2.24, 2.45) is 0 Å². The first-order valence-corrected chi connectivity index (χ1v) is 8.95. The Kier molecular flexibility index (Phi) is 16.6. The Morgan fingerprint density at radius 2 is 1.42 bits per heavy atom. The number of allylic oxidation sites excluding steroid dienone is 13. The highest BCUT2D eigenvalue weighted by Crippen LogP contribution is 2.01. The molecule has 4 heteroatoms. The maximum absolute atomic E-state index is 11.0. The summed E-state index contributed by atoms with van der Waals surface area (Å²) in [7, 11) is 0. The minimum atomic E-state index is -0.408. The van der Waals surface area contributed by atoms with Crippen molar-refractivity contribution < 1.29 is 9.72 Å². The van der Waals surface area contributed by atoms with Gasteiger partial charge in [0.15, 0.2) is 0 Å². The van der Waals surface area contributed by atoms with Crippen LogP contribution >= 0.6 is 0 Å². The van der Waals surface area contributed by atoms with Gasteiger partial charge in [0.25, 0.3) is 5.70 Å². The number of carbonyl (C=O) groups is 1. The molecule has 0 aliphatic carbocycles. The summed E-state index contributed by atoms with van der Waals surface area (Å²) in [4.78, 5) is 20.7. The van der Waals surface area contributed by atoms with Gasteiger partial charge in [0.05, 0.1) is 4.92 Å². The minimum absolute atomic E-state index is 0.0380. The molecule has 0 atom stereocenters. The molecule has 0 aliphatic heterocycles. The zero-order chi connectivity index (χ0) is 19.3. The van der Waals surface area contributed by atoms with Crippen LogP contribution in [0.4, 0.5) is 0 Å². The van der Waals surface area contributed by atoms with Gasteiger partial charge in [0, 0.05) is 18.6 Å². The SMILES string of the molecule is CC/C=C\C/C=C\C\C=C/C=C\C(=C/C=C\C/C=C\CCC=O)[N+](=O)[O-]. The lowest BCUT2D eigenvalue weighted by Crippen LogP contribution is -1.94. The summed E-state index contributed by atoms with van der Waals surface area (Å²) >= 11 is 0. The zero-order valence-corrected chi connectivity index (χ0v) is 15.5. The van der Waals surface area contributed by atoms with E-state index in [2.05, 4.69) is 31.2 Å². The number of rotatable bonds is 14. The van der Waals surface area contributed by atoms with Crippen LogP contribution in [-0.4, -0.2) is 11.2 Å². The molecular weight excluding hydrogens is 326 g/mol. The molecule has 0 fully saturated rings. The molecule has 0 aromatic carbocycles. The van der Waals surface area contributed by atoms with Crippen LogP contribution in [0.15, 0.2) is 84.7 Å². The highest BCUT2D eigenvalue weighted by Gasteiger charge is 2.01. The van der Waals surface area contributed by atoms with Crippen molar-refractivity contribution in [1.29, 1.82) is 0 Å². The fourth-order valence-corrected chi connectivity index (χ4v) is 1.80. The van der Waals surface area contributed by atoms with E-state index in [9.17, 15) is 14.9 Å². The highest BCUT2D eigenvalue weighted by atomic mass is 16.6. The summed E-state index contributed by atoms with van der Waals surface area (Å²) in [6, 6.07) is 0. The fourth-order valence-electron chi connectivity index (χ4n) is 1.80. The summed E-state index contributed by atoms with van der Waals surface area (Å²) in [5, 5.41) is 11.0. The van der Waals surface area contributed by atoms with Crippen molar-refractivity contribution in [3.63, 3.8) is 0 Å². The van der Waals surface area contributed by atoms with Crippen molar-refractivity contribution in [1.82, 2.24) is 0 Å². The van der Waals surface area contributed by atoms with E-state index < -0.39 is 4.92 Å². The molecule has 0 rings (SSSR count). The molecule has 0 bridgehead atoms. The van der Waals surface area contributed by atoms with Gasteiger partial charge in [-0.1, -0.05) is 73.8 Å². The van der Waals surface area contributed by atoms with Crippen molar-refractivity contribution in [2.45, 2.75) is 45.4 Å². The molecule has 0 aromatic rings. The van der Waals surface area contributed by atoms with E-state index in [0.29, 0.717) is 12.8 Å². The first kappa shape index (κ1) is 23.2. The Labute approximate surface area is 156 Å². The summed E-state index contributed by atoms with van der Waals surface area (Å²) in [6.45, 7) is 2.11. The Hall–Kier alpha value is -2.75. The smallest absolute Gasteiger partial charge is 0.269 e. The van der Waals surface area contributed by atoms with Gasteiger partial charge in [0.2, 0.25) is 0 Å². The summed E-state index contributed by atoms with van der Waals surface area (Å²) in [6.07, 6.45) is 29.8. The summed E-state index contributed by atoms with van der Waals surface area (Å²) in [5.74, 6) is 0. The Bertz CT molecular complexity index is 591. The lowest BCUT2D eigenvalue weighted by molar-refractivity contribution is -0.419. The van der Waals surface area contributed by atoms with E-state index in [1.807, 2.05) is 30.4 Å². The summed E-state index contributed by atoms with van der Waals surface area (Å²) in [5.41, 5.74) is 0.0380. The molecule has 26 heavy (non-hydrogen) atoms. The second kappa shape index (κ2) is 18.6. The third-order valence-corrected chi connectivity index (χ3v) is 3.13. The molecule has 0 aromatic heterocycles. The van der Waals surface area contributed by atoms with Crippen LogP contribution in [0.3, 0.4) is 0 Å². The molecule has 140 valence electrons. The fraction of sp³-hybridized carbons (Fsp3) is 0.318. The van der Waals surface area contributed by atoms with Crippen molar-refractivity contribution in [2.75, 3.05) is 0 Å². The van der Waals surface area contributed by atoms with Crippen LogP contribution in [0.1, 0.15) is 45.4 Å². The molecule has 0 saturated heterocycles. The van der Waals surface area contributed by atoms with E-state index >= 15 is 0 Å². The molecule has 0 unspecified atom stereocenters. The molecule has 0 radical (unpaired) electrons. The second-order valence-electron chi connectivity index (χ2n) is 5.34. The maximum Gasteiger partial charge on any atom is 0.269 e. The lowest BCUT2D eigenvalue weighted by Gasteiger charge is -1.88. The molecule has 4 nitrogen and oxygen atoms in total. The molecular formula is C22H29NO3. The van der Waals surface area contributed by atoms with Gasteiger partial charge >= 0.3 is 0 Å². The highest BCUT2D eigenvalue weighted by molar-refractivity contribution is 5.49. The number of nitro groups is 1. The number of nitrogens with zero attached hydrogens (tertiary/aromatic N) is 1. The van der Waals surface area contributed by atoms with Crippen LogP contribution in [0.25, 0.3) is 0 Å². The Morgan fingerprint density at radius 3 is 2.08 bits per heavy atom. The van der Waals surface area contributed by atoms with E-state index in [1.165, 1.54) is 12.2 Å². The normalized spacial score (nSPS) is 13.5. The maximum atomic E-state index is 11.0. The van der Waals surface area contributed by atoms with Crippen LogP contribution < -0.4 is 0 Å². The monoisotopic (exact) mass is 355 g/mol. The van der Waals surface area contributed by atoms with Gasteiger partial charge in [-0.25, -0.2) is 0 Å². The van der Waals surface area contributed by atoms with Gasteiger partial charge in [-0.2, -0.15) is 0 Å². The van der Waals surface area contributed by atoms with Crippen LogP contribution in [0, 0.1) is 10.1 Å². The average Bonchev–Trinajstić information content (AvgIpc) is 2.63. The number of hydrogen-bond acceptors (Lipinski definition) is 3. The van der Waals surface area contributed by atoms with Gasteiger partial charge < -0.3 is 4.79 Å². The van der Waals surface area contributed by atoms with E-state index in [1.54, 1.807) is 12.2 Å². The number of aldehydes is 1. The quantitative estimate of drug-likeness (QED) is 0.0952. The Morgan fingerprint density at radius 1 is 0.808 bits per heavy atom. The van der Waals surface area contributed by atoms with Crippen molar-refractivity contribution in [3.8, 4) is 0 Å². The molecule has 0 heterocycles. The minimum Gasteiger partial charge on any atom is -0.303 e. The first-order chi connectivity index (χ1) is 12.7.